The van der Waals surface area contributed by atoms with Crippen molar-refractivity contribution in [2.75, 3.05) is 7.05 Å². The summed E-state index contributed by atoms with van der Waals surface area (Å²) in [5, 5.41) is 2.13. The maximum absolute atomic E-state index is 13.5. The molecule has 2 aromatic rings. The van der Waals surface area contributed by atoms with Crippen LogP contribution in [-0.4, -0.2) is 28.1 Å². The van der Waals surface area contributed by atoms with Gasteiger partial charge in [-0.3, -0.25) is 4.98 Å². The first-order valence-corrected chi connectivity index (χ1v) is 5.76. The highest BCUT2D eigenvalue weighted by Gasteiger charge is 2.34. The number of nitrogens with zero attached hydrogens (tertiary/aromatic N) is 3. The molecular formula is C12H8F4N4O2. The van der Waals surface area contributed by atoms with Gasteiger partial charge in [0.15, 0.2) is 11.6 Å². The molecule has 0 unspecified atom stereocenters. The van der Waals surface area contributed by atoms with Crippen LogP contribution in [0.15, 0.2) is 24.7 Å². The van der Waals surface area contributed by atoms with E-state index in [1.165, 1.54) is 7.05 Å². The number of carbonyl (C=O) groups is 1. The topological polar surface area (TPSA) is 77.0 Å². The van der Waals surface area contributed by atoms with Crippen LogP contribution >= 0.6 is 0 Å². The fourth-order valence-corrected chi connectivity index (χ4v) is 1.41. The van der Waals surface area contributed by atoms with Crippen molar-refractivity contribution >= 4 is 6.09 Å². The van der Waals surface area contributed by atoms with E-state index in [2.05, 4.69) is 25.0 Å². The molecule has 0 aliphatic carbocycles. The van der Waals surface area contributed by atoms with Crippen molar-refractivity contribution in [2.24, 2.45) is 0 Å². The van der Waals surface area contributed by atoms with E-state index >= 15 is 0 Å². The van der Waals surface area contributed by atoms with Crippen LogP contribution in [0.25, 0.3) is 11.3 Å². The molecule has 0 saturated heterocycles. The Bertz CT molecular complexity index is 689. The second kappa shape index (κ2) is 5.92. The molecule has 0 bridgehead atoms. The van der Waals surface area contributed by atoms with E-state index in [9.17, 15) is 22.4 Å². The Kier molecular flexibility index (Phi) is 4.20. The third-order valence-electron chi connectivity index (χ3n) is 2.43. The summed E-state index contributed by atoms with van der Waals surface area (Å²) in [5.41, 5.74) is 0.156. The van der Waals surface area contributed by atoms with Crippen molar-refractivity contribution in [3.05, 3.63) is 36.3 Å². The number of hydrogen-bond donors (Lipinski definition) is 1. The molecule has 0 fully saturated rings. The molecule has 0 aromatic carbocycles. The number of rotatable bonds is 2. The Morgan fingerprint density at radius 1 is 1.18 bits per heavy atom. The average Bonchev–Trinajstić information content (AvgIpc) is 2.48. The van der Waals surface area contributed by atoms with E-state index < -0.39 is 29.7 Å². The van der Waals surface area contributed by atoms with E-state index in [1.807, 2.05) is 0 Å². The number of carbonyl (C=O) groups excluding carboxylic acids is 1. The third-order valence-corrected chi connectivity index (χ3v) is 2.43. The molecule has 0 aliphatic heterocycles. The lowest BCUT2D eigenvalue weighted by Gasteiger charge is -2.08. The van der Waals surface area contributed by atoms with Gasteiger partial charge in [0.2, 0.25) is 5.82 Å². The van der Waals surface area contributed by atoms with E-state index in [0.29, 0.717) is 0 Å². The largest absolute Gasteiger partial charge is 0.451 e. The van der Waals surface area contributed by atoms with Crippen molar-refractivity contribution in [1.82, 2.24) is 20.3 Å². The maximum Gasteiger partial charge on any atom is 0.451 e. The van der Waals surface area contributed by atoms with Gasteiger partial charge < -0.3 is 10.1 Å². The van der Waals surface area contributed by atoms with E-state index in [0.717, 1.165) is 24.7 Å². The zero-order chi connectivity index (χ0) is 16.3. The number of ether oxygens (including phenoxy) is 1. The van der Waals surface area contributed by atoms with Crippen LogP contribution in [0, 0.1) is 5.82 Å². The van der Waals surface area contributed by atoms with Gasteiger partial charge in [0.25, 0.3) is 0 Å². The van der Waals surface area contributed by atoms with Gasteiger partial charge in [-0.25, -0.2) is 19.2 Å². The molecule has 22 heavy (non-hydrogen) atoms. The highest BCUT2D eigenvalue weighted by molar-refractivity contribution is 5.70. The van der Waals surface area contributed by atoms with Crippen molar-refractivity contribution in [1.29, 1.82) is 0 Å². The molecule has 0 radical (unpaired) electrons. The first kappa shape index (κ1) is 15.6. The van der Waals surface area contributed by atoms with Gasteiger partial charge in [-0.15, -0.1) is 0 Å². The van der Waals surface area contributed by atoms with E-state index in [4.69, 9.17) is 0 Å². The minimum absolute atomic E-state index is 0.0500. The van der Waals surface area contributed by atoms with Crippen LogP contribution in [0.3, 0.4) is 0 Å². The van der Waals surface area contributed by atoms with Crippen LogP contribution in [0.4, 0.5) is 22.4 Å². The maximum atomic E-state index is 13.5. The minimum Gasteiger partial charge on any atom is -0.407 e. The lowest BCUT2D eigenvalue weighted by atomic mass is 10.2. The van der Waals surface area contributed by atoms with Crippen molar-refractivity contribution < 1.29 is 27.1 Å². The molecule has 10 heteroatoms. The van der Waals surface area contributed by atoms with Crippen LogP contribution in [-0.2, 0) is 6.18 Å². The van der Waals surface area contributed by atoms with Crippen molar-refractivity contribution in [2.45, 2.75) is 6.18 Å². The zero-order valence-electron chi connectivity index (χ0n) is 11.0. The fraction of sp³-hybridized carbons (Fsp3) is 0.167. The molecule has 0 spiro atoms. The van der Waals surface area contributed by atoms with Gasteiger partial charge in [0.05, 0.1) is 11.9 Å². The minimum atomic E-state index is -4.66. The second-order valence-corrected chi connectivity index (χ2v) is 3.93. The van der Waals surface area contributed by atoms with Crippen LogP contribution in [0.2, 0.25) is 0 Å². The normalized spacial score (nSPS) is 11.1. The number of pyridine rings is 1. The van der Waals surface area contributed by atoms with Crippen molar-refractivity contribution in [3.8, 4) is 17.0 Å². The van der Waals surface area contributed by atoms with E-state index in [-0.39, 0.29) is 11.3 Å². The number of nitrogens with one attached hydrogen (secondary N) is 1. The lowest BCUT2D eigenvalue weighted by Crippen LogP contribution is -2.22. The molecule has 0 aliphatic rings. The van der Waals surface area contributed by atoms with Crippen LogP contribution in [0.1, 0.15) is 5.82 Å². The highest BCUT2D eigenvalue weighted by Crippen LogP contribution is 2.28. The Hall–Kier alpha value is -2.78. The monoisotopic (exact) mass is 316 g/mol. The number of amides is 1. The predicted octanol–water partition coefficient (Wildman–Crippen LogP) is 2.41. The number of hydrogen-bond acceptors (Lipinski definition) is 5. The lowest BCUT2D eigenvalue weighted by molar-refractivity contribution is -0.144. The third kappa shape index (κ3) is 3.45. The first-order valence-electron chi connectivity index (χ1n) is 5.76. The molecule has 2 heterocycles. The molecule has 116 valence electrons. The molecule has 2 aromatic heterocycles. The number of aromatic nitrogens is 3. The number of alkyl halides is 3. The van der Waals surface area contributed by atoms with Gasteiger partial charge in [-0.2, -0.15) is 13.2 Å². The summed E-state index contributed by atoms with van der Waals surface area (Å²) < 4.78 is 55.2. The summed E-state index contributed by atoms with van der Waals surface area (Å²) in [6.45, 7) is 0. The van der Waals surface area contributed by atoms with Gasteiger partial charge in [-0.05, 0) is 0 Å². The smallest absolute Gasteiger partial charge is 0.407 e. The number of halogens is 4. The zero-order valence-corrected chi connectivity index (χ0v) is 11.0. The molecule has 2 rings (SSSR count). The SMILES string of the molecule is CNC(=O)Oc1cc(-c2cnc(C(F)(F)F)nc2)ncc1F. The summed E-state index contributed by atoms with van der Waals surface area (Å²) in [4.78, 5) is 21.1. The Labute approximate surface area is 121 Å². The van der Waals surface area contributed by atoms with Gasteiger partial charge in [0, 0.05) is 31.1 Å². The Morgan fingerprint density at radius 3 is 2.36 bits per heavy atom. The summed E-state index contributed by atoms with van der Waals surface area (Å²) in [6, 6.07) is 1.05. The Balaban J connectivity index is 2.33. The highest BCUT2D eigenvalue weighted by atomic mass is 19.4. The van der Waals surface area contributed by atoms with E-state index in [1.54, 1.807) is 0 Å². The molecule has 0 atom stereocenters. The molecule has 6 nitrogen and oxygen atoms in total. The van der Waals surface area contributed by atoms with Crippen LogP contribution < -0.4 is 10.1 Å². The summed E-state index contributed by atoms with van der Waals surface area (Å²) in [7, 11) is 1.28. The molecule has 0 saturated carbocycles. The quantitative estimate of drug-likeness (QED) is 0.861. The second-order valence-electron chi connectivity index (χ2n) is 3.93. The first-order chi connectivity index (χ1) is 10.3. The fourth-order valence-electron chi connectivity index (χ4n) is 1.41. The summed E-state index contributed by atoms with van der Waals surface area (Å²) in [6.07, 6.45) is -3.02. The molecule has 1 amide bonds. The average molecular weight is 316 g/mol. The molecular weight excluding hydrogens is 308 g/mol. The van der Waals surface area contributed by atoms with Crippen molar-refractivity contribution in [3.63, 3.8) is 0 Å². The standard InChI is InChI=1S/C12H8F4N4O2/c1-17-11(21)22-9-2-8(18-5-7(9)13)6-3-19-10(20-4-6)12(14,15)16/h2-5H,1H3,(H,17,21). The van der Waals surface area contributed by atoms with Gasteiger partial charge >= 0.3 is 12.3 Å². The Morgan fingerprint density at radius 2 is 1.82 bits per heavy atom. The predicted molar refractivity (Wildman–Crippen MR) is 65.3 cm³/mol. The summed E-state index contributed by atoms with van der Waals surface area (Å²) >= 11 is 0. The summed E-state index contributed by atoms with van der Waals surface area (Å²) in [5.74, 6) is -2.63. The molecule has 1 N–H and O–H groups in total. The van der Waals surface area contributed by atoms with Crippen LogP contribution in [0.5, 0.6) is 5.75 Å². The van der Waals surface area contributed by atoms with Gasteiger partial charge in [0.1, 0.15) is 0 Å². The van der Waals surface area contributed by atoms with Gasteiger partial charge in [-0.1, -0.05) is 0 Å².